The summed E-state index contributed by atoms with van der Waals surface area (Å²) >= 11 is 0. The van der Waals surface area contributed by atoms with Crippen molar-refractivity contribution in [3.8, 4) is 22.3 Å². The van der Waals surface area contributed by atoms with Crippen molar-refractivity contribution >= 4 is 46.1 Å². The number of rotatable bonds is 10. The van der Waals surface area contributed by atoms with Crippen LogP contribution in [0.3, 0.4) is 0 Å². The van der Waals surface area contributed by atoms with Crippen molar-refractivity contribution in [1.82, 2.24) is 40.4 Å². The molecule has 6 atom stereocenters. The fourth-order valence-corrected chi connectivity index (χ4v) is 7.98. The van der Waals surface area contributed by atoms with Gasteiger partial charge in [-0.2, -0.15) is 0 Å². The molecule has 0 radical (unpaired) electrons. The predicted octanol–water partition coefficient (Wildman–Crippen LogP) is 4.80. The monoisotopic (exact) mass is 794 g/mol. The summed E-state index contributed by atoms with van der Waals surface area (Å²) in [4.78, 5) is 70.8. The molecule has 4 amide bonds. The summed E-state index contributed by atoms with van der Waals surface area (Å²) in [5.41, 5.74) is 6.91. The zero-order chi connectivity index (χ0) is 41.4. The van der Waals surface area contributed by atoms with Crippen LogP contribution in [-0.2, 0) is 19.1 Å². The van der Waals surface area contributed by atoms with Crippen LogP contribution in [0.25, 0.3) is 44.3 Å². The van der Waals surface area contributed by atoms with E-state index in [9.17, 15) is 29.4 Å². The molecule has 7 rings (SSSR count). The van der Waals surface area contributed by atoms with Crippen molar-refractivity contribution < 1.29 is 38.9 Å². The molecule has 2 fully saturated rings. The Morgan fingerprint density at radius 3 is 1.34 bits per heavy atom. The number of nitrogens with one attached hydrogen (secondary N) is 4. The molecule has 4 heterocycles. The van der Waals surface area contributed by atoms with Gasteiger partial charge in [-0.05, 0) is 58.4 Å². The van der Waals surface area contributed by atoms with Gasteiger partial charge in [0.05, 0.1) is 60.6 Å². The van der Waals surface area contributed by atoms with Crippen molar-refractivity contribution in [3.05, 3.63) is 72.3 Å². The Labute approximate surface area is 335 Å². The Morgan fingerprint density at radius 1 is 0.638 bits per heavy atom. The Balaban J connectivity index is 1.08. The normalized spacial score (nSPS) is 20.5. The summed E-state index contributed by atoms with van der Waals surface area (Å²) in [6, 6.07) is 17.4. The van der Waals surface area contributed by atoms with Crippen LogP contribution in [0.15, 0.2) is 60.7 Å². The SMILES string of the molecule is COC(=O)NC(C(=O)N1C[C@H](O)C[C@H]1c1nc2ccc(-c3ccc(-c4ccc5nc([C@@H]6C[C@@H](O)CN6C(=O)[C@@H](NC(=O)OC)C(C)C)[nH]c5c4)cc3)cc2[nH]1)C(C)C. The highest BCUT2D eigenvalue weighted by Gasteiger charge is 2.42. The van der Waals surface area contributed by atoms with E-state index in [1.807, 2.05) is 88.4 Å². The number of β-amino-alcohol motifs (C(OH)–C–C–N with tert-alkyl or cyclic N) is 2. The molecule has 2 aliphatic heterocycles. The Bertz CT molecular complexity index is 2160. The first kappa shape index (κ1) is 40.2. The fourth-order valence-electron chi connectivity index (χ4n) is 7.98. The Kier molecular flexibility index (Phi) is 11.4. The first-order chi connectivity index (χ1) is 27.7. The molecule has 5 aromatic rings. The molecule has 0 saturated carbocycles. The van der Waals surface area contributed by atoms with Crippen LogP contribution >= 0.6 is 0 Å². The van der Waals surface area contributed by atoms with E-state index in [0.717, 1.165) is 44.3 Å². The third-order valence-corrected chi connectivity index (χ3v) is 11.1. The average Bonchev–Trinajstić information content (AvgIpc) is 4.01. The maximum atomic E-state index is 13.7. The number of alkyl carbamates (subject to hydrolysis) is 2. The zero-order valence-electron chi connectivity index (χ0n) is 33.4. The molecular weight excluding hydrogens is 745 g/mol. The molecule has 3 aromatic carbocycles. The number of ether oxygens (including phenoxy) is 2. The maximum absolute atomic E-state index is 13.7. The van der Waals surface area contributed by atoms with Crippen molar-refractivity contribution in [2.45, 2.75) is 76.9 Å². The molecule has 58 heavy (non-hydrogen) atoms. The van der Waals surface area contributed by atoms with Gasteiger partial charge in [-0.15, -0.1) is 0 Å². The van der Waals surface area contributed by atoms with Gasteiger partial charge in [-0.25, -0.2) is 19.6 Å². The van der Waals surface area contributed by atoms with Crippen LogP contribution in [0.2, 0.25) is 0 Å². The van der Waals surface area contributed by atoms with Gasteiger partial charge in [0.15, 0.2) is 0 Å². The fraction of sp³-hybridized carbons (Fsp3) is 0.429. The lowest BCUT2D eigenvalue weighted by Gasteiger charge is -2.29. The molecule has 16 nitrogen and oxygen atoms in total. The van der Waals surface area contributed by atoms with E-state index >= 15 is 0 Å². The molecule has 1 unspecified atom stereocenters. The molecule has 0 aliphatic carbocycles. The lowest BCUT2D eigenvalue weighted by Crippen LogP contribution is -2.51. The highest BCUT2D eigenvalue weighted by Crippen LogP contribution is 2.36. The number of nitrogens with zero attached hydrogens (tertiary/aromatic N) is 4. The van der Waals surface area contributed by atoms with Crippen molar-refractivity contribution in [3.63, 3.8) is 0 Å². The summed E-state index contributed by atoms with van der Waals surface area (Å²) in [6.45, 7) is 7.60. The standard InChI is InChI=1S/C42H50N8O8/c1-21(2)35(47-41(55)57-5)39(53)49-19-27(51)17-33(49)37-43-29-13-11-25(15-31(29)45-37)23-7-9-24(10-8-23)26-12-14-30-32(16-26)46-38(44-30)34-18-28(52)20-50(34)40(54)36(22(3)4)48-42(56)58-6/h7-16,21-22,27-28,33-36,51-52H,17-20H2,1-6H3,(H,43,45)(H,44,46)(H,47,55)(H,48,56)/t27-,28-,33+,34+,35+,36?/m1/s1. The summed E-state index contributed by atoms with van der Waals surface area (Å²) in [5.74, 6) is 0.0814. The van der Waals surface area contributed by atoms with Gasteiger partial charge < -0.3 is 50.1 Å². The average molecular weight is 795 g/mol. The predicted molar refractivity (Wildman–Crippen MR) is 215 cm³/mol. The van der Waals surface area contributed by atoms with Crippen molar-refractivity contribution in [1.29, 1.82) is 0 Å². The number of aromatic nitrogens is 4. The van der Waals surface area contributed by atoms with Gasteiger partial charge in [0.25, 0.3) is 0 Å². The van der Waals surface area contributed by atoms with E-state index < -0.39 is 48.6 Å². The second-order valence-electron chi connectivity index (χ2n) is 15.8. The zero-order valence-corrected chi connectivity index (χ0v) is 33.4. The van der Waals surface area contributed by atoms with Crippen LogP contribution in [0.5, 0.6) is 0 Å². The summed E-state index contributed by atoms with van der Waals surface area (Å²) in [7, 11) is 2.50. The van der Waals surface area contributed by atoms with Crippen molar-refractivity contribution in [2.24, 2.45) is 11.8 Å². The van der Waals surface area contributed by atoms with E-state index in [1.165, 1.54) is 14.2 Å². The maximum Gasteiger partial charge on any atom is 0.407 e. The van der Waals surface area contributed by atoms with Gasteiger partial charge >= 0.3 is 12.2 Å². The number of H-pyrrole nitrogens is 2. The number of carbonyl (C=O) groups excluding carboxylic acids is 4. The number of hydrogen-bond donors (Lipinski definition) is 6. The third kappa shape index (κ3) is 8.07. The minimum absolute atomic E-state index is 0.124. The van der Waals surface area contributed by atoms with Crippen molar-refractivity contribution in [2.75, 3.05) is 27.3 Å². The van der Waals surface area contributed by atoms with Gasteiger partial charge in [-0.3, -0.25) is 9.59 Å². The lowest BCUT2D eigenvalue weighted by molar-refractivity contribution is -0.136. The number of methoxy groups -OCH3 is 2. The molecule has 2 aliphatic rings. The van der Waals surface area contributed by atoms with Gasteiger partial charge in [-0.1, -0.05) is 64.1 Å². The molecule has 6 N–H and O–H groups in total. The first-order valence-corrected chi connectivity index (χ1v) is 19.5. The minimum Gasteiger partial charge on any atom is -0.453 e. The quantitative estimate of drug-likeness (QED) is 0.114. The Hall–Kier alpha value is -6.00. The molecule has 0 bridgehead atoms. The van der Waals surface area contributed by atoms with Crippen LogP contribution in [0.1, 0.15) is 64.3 Å². The number of amides is 4. The summed E-state index contributed by atoms with van der Waals surface area (Å²) in [6.07, 6.45) is -2.24. The molecule has 16 heteroatoms. The number of hydrogen-bond acceptors (Lipinski definition) is 10. The topological polar surface area (TPSA) is 215 Å². The lowest BCUT2D eigenvalue weighted by atomic mass is 10.00. The highest BCUT2D eigenvalue weighted by atomic mass is 16.5. The van der Waals surface area contributed by atoms with Crippen LogP contribution < -0.4 is 10.6 Å². The summed E-state index contributed by atoms with van der Waals surface area (Å²) < 4.78 is 9.48. The van der Waals surface area contributed by atoms with Crippen LogP contribution in [0.4, 0.5) is 9.59 Å². The van der Waals surface area contributed by atoms with E-state index in [4.69, 9.17) is 19.4 Å². The second kappa shape index (κ2) is 16.5. The smallest absolute Gasteiger partial charge is 0.407 e. The number of aliphatic hydroxyl groups excluding tert-OH is 2. The molecule has 306 valence electrons. The Morgan fingerprint density at radius 2 is 1.00 bits per heavy atom. The number of likely N-dealkylation sites (tertiary alicyclic amines) is 2. The number of benzene rings is 3. The van der Waals surface area contributed by atoms with E-state index in [0.29, 0.717) is 24.5 Å². The number of fused-ring (bicyclic) bond motifs is 2. The minimum atomic E-state index is -0.824. The number of aromatic amines is 2. The molecule has 0 spiro atoms. The van der Waals surface area contributed by atoms with Crippen LogP contribution in [0, 0.1) is 11.8 Å². The molecule has 2 saturated heterocycles. The van der Waals surface area contributed by atoms with E-state index in [-0.39, 0.29) is 36.7 Å². The summed E-state index contributed by atoms with van der Waals surface area (Å²) in [5, 5.41) is 26.5. The van der Waals surface area contributed by atoms with Gasteiger partial charge in [0, 0.05) is 25.9 Å². The number of imidazole rings is 2. The molecular formula is C42H50N8O8. The van der Waals surface area contributed by atoms with E-state index in [2.05, 4.69) is 20.6 Å². The first-order valence-electron chi connectivity index (χ1n) is 19.5. The van der Waals surface area contributed by atoms with Gasteiger partial charge in [0.1, 0.15) is 23.7 Å². The second-order valence-corrected chi connectivity index (χ2v) is 15.8. The highest BCUT2D eigenvalue weighted by molar-refractivity contribution is 5.88. The molecule has 2 aromatic heterocycles. The number of carbonyl (C=O) groups is 4. The van der Waals surface area contributed by atoms with Crippen LogP contribution in [-0.4, -0.2) is 116 Å². The van der Waals surface area contributed by atoms with Gasteiger partial charge in [0.2, 0.25) is 11.8 Å². The largest absolute Gasteiger partial charge is 0.453 e. The third-order valence-electron chi connectivity index (χ3n) is 11.1. The number of aliphatic hydroxyl groups is 2. The van der Waals surface area contributed by atoms with E-state index in [1.54, 1.807) is 9.80 Å².